The molecule has 0 aromatic heterocycles. The minimum atomic E-state index is -3.13. The maximum atomic E-state index is 11.6. The SMILES string of the molecule is COc1ccccc1NC1(C(=O)O)CCS(=O)(=O)CC1. The smallest absolute Gasteiger partial charge is 0.329 e. The zero-order valence-electron chi connectivity index (χ0n) is 11.1. The fourth-order valence-electron chi connectivity index (χ4n) is 2.28. The maximum absolute atomic E-state index is 11.6. The third-order valence-electron chi connectivity index (χ3n) is 3.57. The quantitative estimate of drug-likeness (QED) is 0.866. The number of nitrogens with one attached hydrogen (secondary N) is 1. The molecule has 1 heterocycles. The van der Waals surface area contributed by atoms with Crippen LogP contribution in [0.25, 0.3) is 0 Å². The Morgan fingerprint density at radius 2 is 1.90 bits per heavy atom. The number of carboxylic acids is 1. The Balaban J connectivity index is 2.29. The summed E-state index contributed by atoms with van der Waals surface area (Å²) < 4.78 is 28.2. The maximum Gasteiger partial charge on any atom is 0.329 e. The van der Waals surface area contributed by atoms with E-state index >= 15 is 0 Å². The van der Waals surface area contributed by atoms with Crippen molar-refractivity contribution in [3.05, 3.63) is 24.3 Å². The van der Waals surface area contributed by atoms with Gasteiger partial charge < -0.3 is 15.2 Å². The van der Waals surface area contributed by atoms with Crippen molar-refractivity contribution in [1.82, 2.24) is 0 Å². The molecule has 2 rings (SSSR count). The highest BCUT2D eigenvalue weighted by Gasteiger charge is 2.44. The van der Waals surface area contributed by atoms with Crippen molar-refractivity contribution in [2.45, 2.75) is 18.4 Å². The second kappa shape index (κ2) is 5.32. The Kier molecular flexibility index (Phi) is 3.89. The number of sulfone groups is 1. The molecule has 1 fully saturated rings. The predicted molar refractivity (Wildman–Crippen MR) is 74.9 cm³/mol. The molecule has 6 nitrogen and oxygen atoms in total. The fourth-order valence-corrected chi connectivity index (χ4v) is 3.81. The van der Waals surface area contributed by atoms with E-state index in [4.69, 9.17) is 4.74 Å². The van der Waals surface area contributed by atoms with Gasteiger partial charge in [-0.15, -0.1) is 0 Å². The molecular weight excluding hydrogens is 282 g/mol. The molecule has 1 aromatic carbocycles. The first kappa shape index (κ1) is 14.6. The molecule has 2 N–H and O–H groups in total. The van der Waals surface area contributed by atoms with E-state index in [1.807, 2.05) is 0 Å². The second-order valence-electron chi connectivity index (χ2n) is 4.86. The van der Waals surface area contributed by atoms with Crippen LogP contribution in [0, 0.1) is 0 Å². The van der Waals surface area contributed by atoms with E-state index in [0.717, 1.165) is 0 Å². The number of carboxylic acid groups (broad SMARTS) is 1. The van der Waals surface area contributed by atoms with E-state index in [2.05, 4.69) is 5.32 Å². The topological polar surface area (TPSA) is 92.7 Å². The fraction of sp³-hybridized carbons (Fsp3) is 0.462. The molecule has 1 aliphatic rings. The normalized spacial score (nSPS) is 20.1. The Morgan fingerprint density at radius 1 is 1.30 bits per heavy atom. The van der Waals surface area contributed by atoms with Crippen LogP contribution in [0.2, 0.25) is 0 Å². The van der Waals surface area contributed by atoms with Crippen LogP contribution in [0.5, 0.6) is 5.75 Å². The lowest BCUT2D eigenvalue weighted by molar-refractivity contribution is -0.142. The van der Waals surface area contributed by atoms with Gasteiger partial charge in [0.2, 0.25) is 0 Å². The first-order valence-corrected chi connectivity index (χ1v) is 8.06. The van der Waals surface area contributed by atoms with Crippen molar-refractivity contribution in [3.63, 3.8) is 0 Å². The van der Waals surface area contributed by atoms with E-state index in [1.165, 1.54) is 7.11 Å². The van der Waals surface area contributed by atoms with Crippen LogP contribution in [0.3, 0.4) is 0 Å². The summed E-state index contributed by atoms with van der Waals surface area (Å²) >= 11 is 0. The summed E-state index contributed by atoms with van der Waals surface area (Å²) in [5, 5.41) is 12.4. The molecule has 0 unspecified atom stereocenters. The monoisotopic (exact) mass is 299 g/mol. The minimum Gasteiger partial charge on any atom is -0.495 e. The van der Waals surface area contributed by atoms with Gasteiger partial charge in [-0.25, -0.2) is 13.2 Å². The zero-order valence-corrected chi connectivity index (χ0v) is 11.9. The lowest BCUT2D eigenvalue weighted by Crippen LogP contribution is -2.52. The number of aliphatic carboxylic acids is 1. The number of ether oxygens (including phenoxy) is 1. The summed E-state index contributed by atoms with van der Waals surface area (Å²) in [6.45, 7) is 0. The van der Waals surface area contributed by atoms with Crippen LogP contribution in [0.15, 0.2) is 24.3 Å². The largest absolute Gasteiger partial charge is 0.495 e. The number of rotatable bonds is 4. The summed E-state index contributed by atoms with van der Waals surface area (Å²) in [7, 11) is -1.63. The summed E-state index contributed by atoms with van der Waals surface area (Å²) in [5.74, 6) is -0.761. The van der Waals surface area contributed by atoms with E-state index in [-0.39, 0.29) is 24.3 Å². The van der Waals surface area contributed by atoms with E-state index in [9.17, 15) is 18.3 Å². The van der Waals surface area contributed by atoms with Crippen molar-refractivity contribution in [3.8, 4) is 5.75 Å². The van der Waals surface area contributed by atoms with Gasteiger partial charge in [-0.2, -0.15) is 0 Å². The molecule has 0 bridgehead atoms. The van der Waals surface area contributed by atoms with Gasteiger partial charge in [-0.1, -0.05) is 12.1 Å². The van der Waals surface area contributed by atoms with Gasteiger partial charge >= 0.3 is 5.97 Å². The first-order valence-electron chi connectivity index (χ1n) is 6.24. The zero-order chi connectivity index (χ0) is 14.8. The highest BCUT2D eigenvalue weighted by Crippen LogP contribution is 2.32. The van der Waals surface area contributed by atoms with E-state index in [0.29, 0.717) is 11.4 Å². The Hall–Kier alpha value is -1.76. The van der Waals surface area contributed by atoms with Crippen molar-refractivity contribution in [2.75, 3.05) is 23.9 Å². The lowest BCUT2D eigenvalue weighted by Gasteiger charge is -2.35. The number of hydrogen-bond acceptors (Lipinski definition) is 5. The number of hydrogen-bond donors (Lipinski definition) is 2. The number of methoxy groups -OCH3 is 1. The van der Waals surface area contributed by atoms with Gasteiger partial charge in [-0.05, 0) is 25.0 Å². The first-order chi connectivity index (χ1) is 9.38. The molecule has 0 atom stereocenters. The third kappa shape index (κ3) is 2.87. The number of para-hydroxylation sites is 2. The highest BCUT2D eigenvalue weighted by molar-refractivity contribution is 7.91. The van der Waals surface area contributed by atoms with Crippen molar-refractivity contribution in [2.24, 2.45) is 0 Å². The van der Waals surface area contributed by atoms with Gasteiger partial charge in [0, 0.05) is 0 Å². The summed E-state index contributed by atoms with van der Waals surface area (Å²) in [6, 6.07) is 6.98. The van der Waals surface area contributed by atoms with Crippen LogP contribution in [0.1, 0.15) is 12.8 Å². The number of carbonyl (C=O) groups is 1. The van der Waals surface area contributed by atoms with Gasteiger partial charge in [0.05, 0.1) is 24.3 Å². The predicted octanol–water partition coefficient (Wildman–Crippen LogP) is 1.14. The van der Waals surface area contributed by atoms with Gasteiger partial charge in [0.1, 0.15) is 11.3 Å². The average molecular weight is 299 g/mol. The second-order valence-corrected chi connectivity index (χ2v) is 7.17. The molecule has 0 radical (unpaired) electrons. The van der Waals surface area contributed by atoms with Crippen molar-refractivity contribution < 1.29 is 23.1 Å². The molecule has 110 valence electrons. The van der Waals surface area contributed by atoms with Gasteiger partial charge in [-0.3, -0.25) is 0 Å². The molecule has 1 aromatic rings. The number of anilines is 1. The molecule has 7 heteroatoms. The summed E-state index contributed by atoms with van der Waals surface area (Å²) in [4.78, 5) is 11.6. The Morgan fingerprint density at radius 3 is 2.45 bits per heavy atom. The van der Waals surface area contributed by atoms with Crippen LogP contribution < -0.4 is 10.1 Å². The van der Waals surface area contributed by atoms with Crippen molar-refractivity contribution in [1.29, 1.82) is 0 Å². The minimum absolute atomic E-state index is 0.0444. The lowest BCUT2D eigenvalue weighted by atomic mass is 9.92. The highest BCUT2D eigenvalue weighted by atomic mass is 32.2. The van der Waals surface area contributed by atoms with E-state index in [1.54, 1.807) is 24.3 Å². The molecular formula is C13H17NO5S. The molecule has 1 aliphatic heterocycles. The van der Waals surface area contributed by atoms with Gasteiger partial charge in [0.15, 0.2) is 9.84 Å². The van der Waals surface area contributed by atoms with E-state index < -0.39 is 21.3 Å². The van der Waals surface area contributed by atoms with Crippen LogP contribution in [-0.4, -0.2) is 43.6 Å². The molecule has 0 aliphatic carbocycles. The molecule has 0 spiro atoms. The summed E-state index contributed by atoms with van der Waals surface area (Å²) in [6.07, 6.45) is 0.0887. The molecule has 0 saturated carbocycles. The number of benzene rings is 1. The van der Waals surface area contributed by atoms with Crippen LogP contribution >= 0.6 is 0 Å². The standard InChI is InChI=1S/C13H17NO5S/c1-19-11-5-3-2-4-10(11)14-13(12(15)16)6-8-20(17,18)9-7-13/h2-5,14H,6-9H2,1H3,(H,15,16). The van der Waals surface area contributed by atoms with Crippen LogP contribution in [0.4, 0.5) is 5.69 Å². The van der Waals surface area contributed by atoms with Crippen molar-refractivity contribution >= 4 is 21.5 Å². The third-order valence-corrected chi connectivity index (χ3v) is 5.22. The Labute approximate surface area is 117 Å². The van der Waals surface area contributed by atoms with Gasteiger partial charge in [0.25, 0.3) is 0 Å². The molecule has 0 amide bonds. The Bertz CT molecular complexity index is 597. The summed E-state index contributed by atoms with van der Waals surface area (Å²) in [5.41, 5.74) is -0.711. The van der Waals surface area contributed by atoms with Crippen LogP contribution in [-0.2, 0) is 14.6 Å². The molecule has 1 saturated heterocycles. The average Bonchev–Trinajstić information content (AvgIpc) is 2.42. The molecule has 20 heavy (non-hydrogen) atoms.